The summed E-state index contributed by atoms with van der Waals surface area (Å²) in [5.74, 6) is 0.449. The topological polar surface area (TPSA) is 76.9 Å². The van der Waals surface area contributed by atoms with E-state index in [-0.39, 0.29) is 0 Å². The maximum atomic E-state index is 9.02. The van der Waals surface area contributed by atoms with Gasteiger partial charge in [0.15, 0.2) is 0 Å². The summed E-state index contributed by atoms with van der Waals surface area (Å²) in [7, 11) is 1.65. The second-order valence-electron chi connectivity index (χ2n) is 3.43. The van der Waals surface area contributed by atoms with Gasteiger partial charge in [-0.15, -0.1) is 0 Å². The minimum atomic E-state index is 0.449. The quantitative estimate of drug-likeness (QED) is 0.834. The van der Waals surface area contributed by atoms with Crippen molar-refractivity contribution >= 4 is 16.7 Å². The first-order valence-corrected chi connectivity index (χ1v) is 4.90. The predicted molar refractivity (Wildman–Crippen MR) is 60.7 cm³/mol. The minimum Gasteiger partial charge on any atom is -0.383 e. The average Bonchev–Trinajstić information content (AvgIpc) is 2.72. The molecule has 0 aliphatic heterocycles. The number of anilines is 1. The molecule has 0 bridgehead atoms. The van der Waals surface area contributed by atoms with Crippen LogP contribution in [0.3, 0.4) is 0 Å². The van der Waals surface area contributed by atoms with Crippen LogP contribution >= 0.6 is 0 Å². The summed E-state index contributed by atoms with van der Waals surface area (Å²) in [6.07, 6.45) is 3.39. The summed E-state index contributed by atoms with van der Waals surface area (Å²) >= 11 is 0. The van der Waals surface area contributed by atoms with Gasteiger partial charge in [0, 0.05) is 31.4 Å². The first-order chi connectivity index (χ1) is 7.77. The zero-order chi connectivity index (χ0) is 11.5. The number of hydrogen-bond acceptors (Lipinski definition) is 4. The summed E-state index contributed by atoms with van der Waals surface area (Å²) in [5.41, 5.74) is 7.12. The lowest BCUT2D eigenvalue weighted by Gasteiger charge is -2.06. The summed E-state index contributed by atoms with van der Waals surface area (Å²) < 4.78 is 6.97. The number of nitrogens with two attached hydrogens (primary N) is 1. The van der Waals surface area contributed by atoms with E-state index in [0.717, 1.165) is 10.9 Å². The SMILES string of the molecule is COCCn1ccc2c(N)ncc(C#N)c21. The lowest BCUT2D eigenvalue weighted by atomic mass is 10.2. The highest BCUT2D eigenvalue weighted by Gasteiger charge is 2.09. The lowest BCUT2D eigenvalue weighted by Crippen LogP contribution is -2.04. The van der Waals surface area contributed by atoms with E-state index in [2.05, 4.69) is 11.1 Å². The number of hydrogen-bond donors (Lipinski definition) is 1. The van der Waals surface area contributed by atoms with Crippen molar-refractivity contribution < 1.29 is 4.74 Å². The van der Waals surface area contributed by atoms with Crippen LogP contribution in [0.2, 0.25) is 0 Å². The highest BCUT2D eigenvalue weighted by molar-refractivity contribution is 5.92. The molecule has 16 heavy (non-hydrogen) atoms. The number of nitrogens with zero attached hydrogens (tertiary/aromatic N) is 3. The van der Waals surface area contributed by atoms with E-state index < -0.39 is 0 Å². The number of fused-ring (bicyclic) bond motifs is 1. The van der Waals surface area contributed by atoms with Gasteiger partial charge in [-0.2, -0.15) is 5.26 Å². The Balaban J connectivity index is 2.60. The average molecular weight is 216 g/mol. The highest BCUT2D eigenvalue weighted by atomic mass is 16.5. The normalized spacial score (nSPS) is 10.5. The van der Waals surface area contributed by atoms with Crippen LogP contribution in [0.1, 0.15) is 5.56 Å². The summed E-state index contributed by atoms with van der Waals surface area (Å²) in [6.45, 7) is 1.29. The lowest BCUT2D eigenvalue weighted by molar-refractivity contribution is 0.188. The Morgan fingerprint density at radius 1 is 1.62 bits per heavy atom. The van der Waals surface area contributed by atoms with Crippen molar-refractivity contribution in [1.82, 2.24) is 9.55 Å². The Labute approximate surface area is 93.1 Å². The molecule has 2 N–H and O–H groups in total. The van der Waals surface area contributed by atoms with E-state index in [1.54, 1.807) is 7.11 Å². The fraction of sp³-hybridized carbons (Fsp3) is 0.273. The van der Waals surface area contributed by atoms with Crippen molar-refractivity contribution in [3.05, 3.63) is 24.0 Å². The zero-order valence-electron chi connectivity index (χ0n) is 8.97. The monoisotopic (exact) mass is 216 g/mol. The number of methoxy groups -OCH3 is 1. The van der Waals surface area contributed by atoms with Gasteiger partial charge in [-0.25, -0.2) is 4.98 Å². The largest absolute Gasteiger partial charge is 0.383 e. The van der Waals surface area contributed by atoms with Gasteiger partial charge < -0.3 is 15.0 Å². The van der Waals surface area contributed by atoms with Gasteiger partial charge in [-0.3, -0.25) is 0 Å². The molecular formula is C11H12N4O. The second-order valence-corrected chi connectivity index (χ2v) is 3.43. The number of nitriles is 1. The van der Waals surface area contributed by atoms with Gasteiger partial charge in [-0.1, -0.05) is 0 Å². The maximum absolute atomic E-state index is 9.02. The van der Waals surface area contributed by atoms with E-state index in [4.69, 9.17) is 15.7 Å². The van der Waals surface area contributed by atoms with Crippen LogP contribution in [-0.2, 0) is 11.3 Å². The Morgan fingerprint density at radius 3 is 3.12 bits per heavy atom. The van der Waals surface area contributed by atoms with Gasteiger partial charge in [-0.05, 0) is 6.07 Å². The van der Waals surface area contributed by atoms with Crippen molar-refractivity contribution in [2.45, 2.75) is 6.54 Å². The molecule has 0 radical (unpaired) electrons. The molecule has 0 aliphatic rings. The molecule has 0 atom stereocenters. The molecule has 2 heterocycles. The third kappa shape index (κ3) is 1.59. The third-order valence-electron chi connectivity index (χ3n) is 2.48. The fourth-order valence-corrected chi connectivity index (χ4v) is 1.70. The zero-order valence-corrected chi connectivity index (χ0v) is 8.97. The number of nitrogen functional groups attached to an aromatic ring is 1. The Morgan fingerprint density at radius 2 is 2.44 bits per heavy atom. The van der Waals surface area contributed by atoms with Crippen molar-refractivity contribution in [1.29, 1.82) is 5.26 Å². The van der Waals surface area contributed by atoms with Gasteiger partial charge in [0.1, 0.15) is 11.9 Å². The number of rotatable bonds is 3. The van der Waals surface area contributed by atoms with Crippen molar-refractivity contribution in [2.75, 3.05) is 19.5 Å². The van der Waals surface area contributed by atoms with Crippen LogP contribution in [0.25, 0.3) is 10.9 Å². The van der Waals surface area contributed by atoms with E-state index in [0.29, 0.717) is 24.5 Å². The smallest absolute Gasteiger partial charge is 0.132 e. The summed E-state index contributed by atoms with van der Waals surface area (Å²) in [5, 5.41) is 9.83. The predicted octanol–water partition coefficient (Wildman–Crippen LogP) is 1.14. The van der Waals surface area contributed by atoms with Gasteiger partial charge >= 0.3 is 0 Å². The number of ether oxygens (including phenoxy) is 1. The van der Waals surface area contributed by atoms with Crippen molar-refractivity contribution in [2.24, 2.45) is 0 Å². The first-order valence-electron chi connectivity index (χ1n) is 4.90. The maximum Gasteiger partial charge on any atom is 0.132 e. The molecule has 5 nitrogen and oxygen atoms in total. The molecule has 0 amide bonds. The molecule has 0 aromatic carbocycles. The molecule has 2 aromatic heterocycles. The van der Waals surface area contributed by atoms with Gasteiger partial charge in [0.05, 0.1) is 17.7 Å². The molecule has 0 saturated carbocycles. The molecule has 2 aromatic rings. The molecule has 2 rings (SSSR count). The van der Waals surface area contributed by atoms with Crippen LogP contribution in [0.15, 0.2) is 18.5 Å². The molecule has 0 unspecified atom stereocenters. The molecular weight excluding hydrogens is 204 g/mol. The van der Waals surface area contributed by atoms with Crippen LogP contribution in [-0.4, -0.2) is 23.3 Å². The molecule has 0 spiro atoms. The molecule has 5 heteroatoms. The highest BCUT2D eigenvalue weighted by Crippen LogP contribution is 2.23. The van der Waals surface area contributed by atoms with Crippen LogP contribution in [0.5, 0.6) is 0 Å². The number of pyridine rings is 1. The Kier molecular flexibility index (Phi) is 2.75. The first kappa shape index (κ1) is 10.5. The molecule has 82 valence electrons. The Hall–Kier alpha value is -2.06. The van der Waals surface area contributed by atoms with Crippen LogP contribution < -0.4 is 5.73 Å². The molecule has 0 aliphatic carbocycles. The third-order valence-corrected chi connectivity index (χ3v) is 2.48. The minimum absolute atomic E-state index is 0.449. The second kappa shape index (κ2) is 4.21. The fourth-order valence-electron chi connectivity index (χ4n) is 1.70. The summed E-state index contributed by atoms with van der Waals surface area (Å²) in [6, 6.07) is 3.99. The van der Waals surface area contributed by atoms with E-state index in [1.807, 2.05) is 16.8 Å². The van der Waals surface area contributed by atoms with Crippen LogP contribution in [0.4, 0.5) is 5.82 Å². The molecule has 0 fully saturated rings. The van der Waals surface area contributed by atoms with Gasteiger partial charge in [0.25, 0.3) is 0 Å². The van der Waals surface area contributed by atoms with E-state index >= 15 is 0 Å². The molecule has 0 saturated heterocycles. The standard InChI is InChI=1S/C11H12N4O/c1-16-5-4-15-3-2-9-10(15)8(6-12)7-14-11(9)13/h2-3,7H,4-5H2,1H3,(H2,13,14). The Bertz CT molecular complexity index is 553. The van der Waals surface area contributed by atoms with Gasteiger partial charge in [0.2, 0.25) is 0 Å². The van der Waals surface area contributed by atoms with E-state index in [9.17, 15) is 0 Å². The number of aromatic nitrogens is 2. The van der Waals surface area contributed by atoms with Crippen LogP contribution in [0, 0.1) is 11.3 Å². The van der Waals surface area contributed by atoms with Crippen molar-refractivity contribution in [3.63, 3.8) is 0 Å². The summed E-state index contributed by atoms with van der Waals surface area (Å²) in [4.78, 5) is 3.98. The van der Waals surface area contributed by atoms with E-state index in [1.165, 1.54) is 6.20 Å². The van der Waals surface area contributed by atoms with Crippen molar-refractivity contribution in [3.8, 4) is 6.07 Å².